The molecule has 0 heterocycles. The van der Waals surface area contributed by atoms with Crippen LogP contribution in [0.25, 0.3) is 0 Å². The van der Waals surface area contributed by atoms with Crippen LogP contribution in [0.5, 0.6) is 5.75 Å². The molecule has 0 radical (unpaired) electrons. The van der Waals surface area contributed by atoms with Crippen molar-refractivity contribution >= 4 is 15.9 Å². The minimum atomic E-state index is 0.130. The Morgan fingerprint density at radius 1 is 1.41 bits per heavy atom. The van der Waals surface area contributed by atoms with Gasteiger partial charge >= 0.3 is 0 Å². The van der Waals surface area contributed by atoms with Gasteiger partial charge < -0.3 is 14.8 Å². The van der Waals surface area contributed by atoms with Crippen LogP contribution in [0.1, 0.15) is 12.5 Å². The predicted octanol–water partition coefficient (Wildman–Crippen LogP) is 2.76. The maximum atomic E-state index is 5.83. The molecule has 0 aliphatic heterocycles. The summed E-state index contributed by atoms with van der Waals surface area (Å²) >= 11 is 3.50. The Morgan fingerprint density at radius 2 is 2.18 bits per heavy atom. The van der Waals surface area contributed by atoms with Gasteiger partial charge in [-0.15, -0.1) is 0 Å². The highest BCUT2D eigenvalue weighted by atomic mass is 79.9. The summed E-state index contributed by atoms with van der Waals surface area (Å²) in [6, 6.07) is 6.09. The second-order valence-corrected chi connectivity index (χ2v) is 4.91. The summed E-state index contributed by atoms with van der Waals surface area (Å²) < 4.78 is 11.8. The number of hydrogen-bond acceptors (Lipinski definition) is 3. The Labute approximate surface area is 112 Å². The molecule has 4 heteroatoms. The number of ether oxygens (including phenoxy) is 2. The molecule has 17 heavy (non-hydrogen) atoms. The molecular weight excluding hydrogens is 282 g/mol. The average molecular weight is 302 g/mol. The third-order valence-electron chi connectivity index (χ3n) is 2.33. The van der Waals surface area contributed by atoms with Crippen molar-refractivity contribution in [3.63, 3.8) is 0 Å². The summed E-state index contributed by atoms with van der Waals surface area (Å²) in [5.41, 5.74) is 1.22. The fraction of sp³-hybridized carbons (Fsp3) is 0.538. The molecule has 0 aliphatic carbocycles. The van der Waals surface area contributed by atoms with Crippen LogP contribution in [-0.4, -0.2) is 32.9 Å². The molecule has 1 aromatic carbocycles. The quantitative estimate of drug-likeness (QED) is 0.786. The number of methoxy groups -OCH3 is 1. The van der Waals surface area contributed by atoms with Crippen molar-refractivity contribution in [2.24, 2.45) is 0 Å². The van der Waals surface area contributed by atoms with E-state index in [1.807, 2.05) is 19.1 Å². The molecule has 0 fully saturated rings. The third-order valence-corrected chi connectivity index (χ3v) is 2.95. The molecule has 0 aliphatic rings. The third kappa shape index (κ3) is 5.52. The number of rotatable bonds is 7. The van der Waals surface area contributed by atoms with E-state index in [1.54, 1.807) is 7.11 Å². The van der Waals surface area contributed by atoms with Gasteiger partial charge in [0.2, 0.25) is 0 Å². The van der Waals surface area contributed by atoms with Crippen LogP contribution in [0.3, 0.4) is 0 Å². The second kappa shape index (κ2) is 7.69. The second-order valence-electron chi connectivity index (χ2n) is 4.06. The summed E-state index contributed by atoms with van der Waals surface area (Å²) in [7, 11) is 1.70. The summed E-state index contributed by atoms with van der Waals surface area (Å²) in [5.74, 6) is 0.886. The minimum Gasteiger partial charge on any atom is -0.488 e. The van der Waals surface area contributed by atoms with Crippen LogP contribution in [0.15, 0.2) is 22.7 Å². The number of benzene rings is 1. The molecule has 0 spiro atoms. The highest BCUT2D eigenvalue weighted by Gasteiger charge is 2.06. The lowest BCUT2D eigenvalue weighted by molar-refractivity contribution is 0.184. The molecule has 0 saturated carbocycles. The molecule has 0 amide bonds. The van der Waals surface area contributed by atoms with Gasteiger partial charge in [0.15, 0.2) is 0 Å². The van der Waals surface area contributed by atoms with E-state index in [2.05, 4.69) is 34.2 Å². The fourth-order valence-electron chi connectivity index (χ4n) is 1.44. The normalized spacial score (nSPS) is 12.5. The SMILES string of the molecule is COCCNCC(C)Oc1ccc(C)cc1Br. The van der Waals surface area contributed by atoms with E-state index in [1.165, 1.54) is 5.56 Å². The van der Waals surface area contributed by atoms with Gasteiger partial charge in [0, 0.05) is 20.2 Å². The highest BCUT2D eigenvalue weighted by molar-refractivity contribution is 9.10. The first-order chi connectivity index (χ1) is 8.13. The molecular formula is C13H20BrNO2. The minimum absolute atomic E-state index is 0.130. The van der Waals surface area contributed by atoms with Crippen molar-refractivity contribution in [3.8, 4) is 5.75 Å². The van der Waals surface area contributed by atoms with E-state index >= 15 is 0 Å². The zero-order valence-electron chi connectivity index (χ0n) is 10.6. The Morgan fingerprint density at radius 3 is 2.82 bits per heavy atom. The molecule has 1 rings (SSSR count). The number of aryl methyl sites for hydroxylation is 1. The number of halogens is 1. The monoisotopic (exact) mass is 301 g/mol. The molecule has 96 valence electrons. The maximum Gasteiger partial charge on any atom is 0.133 e. The van der Waals surface area contributed by atoms with Crippen molar-refractivity contribution in [2.75, 3.05) is 26.8 Å². The first-order valence-electron chi connectivity index (χ1n) is 5.76. The van der Waals surface area contributed by atoms with E-state index < -0.39 is 0 Å². The molecule has 0 saturated heterocycles. The molecule has 1 N–H and O–H groups in total. The zero-order valence-corrected chi connectivity index (χ0v) is 12.2. The first-order valence-corrected chi connectivity index (χ1v) is 6.55. The van der Waals surface area contributed by atoms with Crippen molar-refractivity contribution in [3.05, 3.63) is 28.2 Å². The predicted molar refractivity (Wildman–Crippen MR) is 73.7 cm³/mol. The lowest BCUT2D eigenvalue weighted by Gasteiger charge is -2.16. The average Bonchev–Trinajstić information content (AvgIpc) is 2.28. The zero-order chi connectivity index (χ0) is 12.7. The van der Waals surface area contributed by atoms with Crippen molar-refractivity contribution in [1.82, 2.24) is 5.32 Å². The molecule has 1 aromatic rings. The standard InChI is InChI=1S/C13H20BrNO2/c1-10-4-5-13(12(14)8-10)17-11(2)9-15-6-7-16-3/h4-5,8,11,15H,6-7,9H2,1-3H3. The molecule has 3 nitrogen and oxygen atoms in total. The van der Waals surface area contributed by atoms with Crippen molar-refractivity contribution in [1.29, 1.82) is 0 Å². The summed E-state index contributed by atoms with van der Waals surface area (Å²) in [4.78, 5) is 0. The first kappa shape index (κ1) is 14.5. The Hall–Kier alpha value is -0.580. The van der Waals surface area contributed by atoms with Gasteiger partial charge in [0.25, 0.3) is 0 Å². The van der Waals surface area contributed by atoms with Gasteiger partial charge in [-0.2, -0.15) is 0 Å². The van der Waals surface area contributed by atoms with Crippen LogP contribution in [-0.2, 0) is 4.74 Å². The Balaban J connectivity index is 2.37. The van der Waals surface area contributed by atoms with E-state index in [0.29, 0.717) is 0 Å². The van der Waals surface area contributed by atoms with Crippen LogP contribution >= 0.6 is 15.9 Å². The topological polar surface area (TPSA) is 30.5 Å². The van der Waals surface area contributed by atoms with Crippen molar-refractivity contribution < 1.29 is 9.47 Å². The van der Waals surface area contributed by atoms with E-state index in [9.17, 15) is 0 Å². The van der Waals surface area contributed by atoms with E-state index in [-0.39, 0.29) is 6.10 Å². The maximum absolute atomic E-state index is 5.83. The van der Waals surface area contributed by atoms with Gasteiger partial charge in [0.05, 0.1) is 11.1 Å². The van der Waals surface area contributed by atoms with Crippen LogP contribution in [0, 0.1) is 6.92 Å². The Bertz CT molecular complexity index is 344. The Kier molecular flexibility index (Phi) is 6.55. The van der Waals surface area contributed by atoms with Crippen LogP contribution < -0.4 is 10.1 Å². The highest BCUT2D eigenvalue weighted by Crippen LogP contribution is 2.26. The lowest BCUT2D eigenvalue weighted by atomic mass is 10.2. The number of hydrogen-bond donors (Lipinski definition) is 1. The van der Waals surface area contributed by atoms with Crippen LogP contribution in [0.2, 0.25) is 0 Å². The van der Waals surface area contributed by atoms with Gasteiger partial charge in [0.1, 0.15) is 11.9 Å². The fourth-order valence-corrected chi connectivity index (χ4v) is 2.03. The molecule has 1 unspecified atom stereocenters. The summed E-state index contributed by atoms with van der Waals surface area (Å²) in [6.07, 6.45) is 0.130. The van der Waals surface area contributed by atoms with Crippen LogP contribution in [0.4, 0.5) is 0 Å². The summed E-state index contributed by atoms with van der Waals surface area (Å²) in [5, 5.41) is 3.27. The summed E-state index contributed by atoms with van der Waals surface area (Å²) in [6.45, 7) is 6.49. The molecule has 1 atom stereocenters. The lowest BCUT2D eigenvalue weighted by Crippen LogP contribution is -2.31. The van der Waals surface area contributed by atoms with Crippen molar-refractivity contribution in [2.45, 2.75) is 20.0 Å². The van der Waals surface area contributed by atoms with Gasteiger partial charge in [-0.1, -0.05) is 6.07 Å². The van der Waals surface area contributed by atoms with E-state index in [0.717, 1.165) is 29.9 Å². The van der Waals surface area contributed by atoms with Gasteiger partial charge in [-0.05, 0) is 47.5 Å². The molecule has 0 aromatic heterocycles. The van der Waals surface area contributed by atoms with Gasteiger partial charge in [-0.25, -0.2) is 0 Å². The van der Waals surface area contributed by atoms with Gasteiger partial charge in [-0.3, -0.25) is 0 Å². The van der Waals surface area contributed by atoms with E-state index in [4.69, 9.17) is 9.47 Å². The smallest absolute Gasteiger partial charge is 0.133 e. The largest absolute Gasteiger partial charge is 0.488 e. The number of nitrogens with one attached hydrogen (secondary N) is 1. The molecule has 0 bridgehead atoms.